The monoisotopic (exact) mass is 286 g/mol. The highest BCUT2D eigenvalue weighted by Gasteiger charge is 2.14. The number of benzene rings is 1. The summed E-state index contributed by atoms with van der Waals surface area (Å²) in [6, 6.07) is 1.94. The number of oxazole rings is 1. The highest BCUT2D eigenvalue weighted by atomic mass is 35.5. The molecule has 0 amide bonds. The van der Waals surface area contributed by atoms with Gasteiger partial charge >= 0.3 is 0 Å². The molecule has 2 aromatic rings. The molecule has 102 valence electrons. The van der Waals surface area contributed by atoms with Crippen molar-refractivity contribution in [1.29, 1.82) is 0 Å². The Hall–Kier alpha value is -1.46. The maximum atomic E-state index is 13.7. The van der Waals surface area contributed by atoms with Crippen LogP contribution in [0.2, 0.25) is 5.02 Å². The third-order valence-corrected chi connectivity index (χ3v) is 2.94. The maximum Gasteiger partial charge on any atom is 0.194 e. The van der Waals surface area contributed by atoms with Gasteiger partial charge in [-0.15, -0.1) is 0 Å². The molecule has 19 heavy (non-hydrogen) atoms. The van der Waals surface area contributed by atoms with E-state index in [2.05, 4.69) is 10.3 Å². The molecule has 0 unspecified atom stereocenters. The topological polar surface area (TPSA) is 38.1 Å². The van der Waals surface area contributed by atoms with Crippen LogP contribution in [0.25, 0.3) is 11.3 Å². The number of halogens is 3. The van der Waals surface area contributed by atoms with Crippen molar-refractivity contribution in [2.24, 2.45) is 0 Å². The molecule has 3 nitrogen and oxygen atoms in total. The van der Waals surface area contributed by atoms with Gasteiger partial charge in [0.2, 0.25) is 0 Å². The Balaban J connectivity index is 2.20. The minimum atomic E-state index is -0.689. The zero-order chi connectivity index (χ0) is 13.8. The van der Waals surface area contributed by atoms with Crippen LogP contribution in [0.3, 0.4) is 0 Å². The maximum absolute atomic E-state index is 13.7. The van der Waals surface area contributed by atoms with Gasteiger partial charge in [-0.25, -0.2) is 13.8 Å². The van der Waals surface area contributed by atoms with Gasteiger partial charge in [-0.2, -0.15) is 0 Å². The first-order valence-corrected chi connectivity index (χ1v) is 6.24. The zero-order valence-corrected chi connectivity index (χ0v) is 11.1. The van der Waals surface area contributed by atoms with E-state index >= 15 is 0 Å². The van der Waals surface area contributed by atoms with E-state index < -0.39 is 11.6 Å². The molecule has 0 spiro atoms. The Labute approximate surface area is 114 Å². The first-order chi connectivity index (χ1) is 9.11. The van der Waals surface area contributed by atoms with Crippen molar-refractivity contribution in [3.63, 3.8) is 0 Å². The van der Waals surface area contributed by atoms with E-state index in [1.165, 1.54) is 6.20 Å². The van der Waals surface area contributed by atoms with Crippen LogP contribution in [0.15, 0.2) is 22.7 Å². The molecule has 0 fully saturated rings. The molecule has 1 heterocycles. The van der Waals surface area contributed by atoms with E-state index in [4.69, 9.17) is 16.0 Å². The van der Waals surface area contributed by atoms with E-state index in [9.17, 15) is 8.78 Å². The minimum absolute atomic E-state index is 0.0225. The van der Waals surface area contributed by atoms with E-state index in [1.54, 1.807) is 0 Å². The van der Waals surface area contributed by atoms with Crippen LogP contribution in [0, 0.1) is 11.6 Å². The summed E-state index contributed by atoms with van der Waals surface area (Å²) in [5.41, 5.74) is 0.0225. The smallest absolute Gasteiger partial charge is 0.194 e. The largest absolute Gasteiger partial charge is 0.441 e. The number of nitrogens with zero attached hydrogens (tertiary/aromatic N) is 1. The lowest BCUT2D eigenvalue weighted by Gasteiger charge is -2.01. The van der Waals surface area contributed by atoms with Gasteiger partial charge in [-0.05, 0) is 32.1 Å². The van der Waals surface area contributed by atoms with Crippen LogP contribution < -0.4 is 5.32 Å². The molecule has 0 bridgehead atoms. The molecule has 6 heteroatoms. The Kier molecular flexibility index (Phi) is 4.50. The molecule has 1 aromatic heterocycles. The SMILES string of the molecule is CNCCCc1ncc(-c2cc(F)c(Cl)cc2F)o1. The summed E-state index contributed by atoms with van der Waals surface area (Å²) in [4.78, 5) is 4.04. The quantitative estimate of drug-likeness (QED) is 0.676. The van der Waals surface area contributed by atoms with Crippen LogP contribution in [0.1, 0.15) is 12.3 Å². The molecule has 1 N–H and O–H groups in total. The van der Waals surface area contributed by atoms with Crippen molar-refractivity contribution in [2.75, 3.05) is 13.6 Å². The molecule has 0 saturated carbocycles. The molecule has 0 radical (unpaired) electrons. The van der Waals surface area contributed by atoms with Gasteiger partial charge in [0, 0.05) is 6.42 Å². The van der Waals surface area contributed by atoms with Gasteiger partial charge < -0.3 is 9.73 Å². The number of aryl methyl sites for hydroxylation is 1. The average Bonchev–Trinajstić information content (AvgIpc) is 2.83. The second-order valence-corrected chi connectivity index (χ2v) is 4.48. The van der Waals surface area contributed by atoms with Gasteiger partial charge in [0.15, 0.2) is 11.7 Å². The average molecular weight is 287 g/mol. The van der Waals surface area contributed by atoms with E-state index in [0.29, 0.717) is 12.3 Å². The van der Waals surface area contributed by atoms with Crippen molar-refractivity contribution in [3.8, 4) is 11.3 Å². The molecule has 0 aliphatic heterocycles. The van der Waals surface area contributed by atoms with Gasteiger partial charge in [0.25, 0.3) is 0 Å². The Morgan fingerprint density at radius 3 is 2.84 bits per heavy atom. The summed E-state index contributed by atoms with van der Waals surface area (Å²) in [7, 11) is 1.85. The first kappa shape index (κ1) is 14.0. The Morgan fingerprint density at radius 1 is 1.32 bits per heavy atom. The summed E-state index contributed by atoms with van der Waals surface area (Å²) in [5.74, 6) is -0.622. The van der Waals surface area contributed by atoms with E-state index in [1.807, 2.05) is 7.05 Å². The second-order valence-electron chi connectivity index (χ2n) is 4.07. The summed E-state index contributed by atoms with van der Waals surface area (Å²) in [6.07, 6.45) is 2.88. The highest BCUT2D eigenvalue weighted by Crippen LogP contribution is 2.28. The Bertz CT molecular complexity index is 572. The first-order valence-electron chi connectivity index (χ1n) is 5.86. The lowest BCUT2D eigenvalue weighted by atomic mass is 10.1. The molecular formula is C13H13ClF2N2O. The van der Waals surface area contributed by atoms with E-state index in [0.717, 1.165) is 25.1 Å². The summed E-state index contributed by atoms with van der Waals surface area (Å²) < 4.78 is 32.4. The van der Waals surface area contributed by atoms with Crippen molar-refractivity contribution >= 4 is 11.6 Å². The van der Waals surface area contributed by atoms with Crippen LogP contribution in [0.4, 0.5) is 8.78 Å². The second kappa shape index (κ2) is 6.12. The van der Waals surface area contributed by atoms with Crippen LogP contribution in [0.5, 0.6) is 0 Å². The standard InChI is InChI=1S/C13H13ClF2N2O/c1-17-4-2-3-13-18-7-12(19-13)8-5-11(16)9(14)6-10(8)15/h5-7,17H,2-4H2,1H3. The molecule has 0 atom stereocenters. The van der Waals surface area contributed by atoms with Crippen molar-refractivity contribution in [3.05, 3.63) is 40.9 Å². The third-order valence-electron chi connectivity index (χ3n) is 2.65. The van der Waals surface area contributed by atoms with Crippen LogP contribution in [-0.2, 0) is 6.42 Å². The fourth-order valence-electron chi connectivity index (χ4n) is 1.68. The molecule has 0 aliphatic carbocycles. The van der Waals surface area contributed by atoms with Gasteiger partial charge in [0.05, 0.1) is 16.8 Å². The summed E-state index contributed by atoms with van der Waals surface area (Å²) in [6.45, 7) is 0.835. The molecule has 1 aromatic carbocycles. The third kappa shape index (κ3) is 3.30. The summed E-state index contributed by atoms with van der Waals surface area (Å²) >= 11 is 5.49. The number of hydrogen-bond donors (Lipinski definition) is 1. The van der Waals surface area contributed by atoms with Gasteiger partial charge in [0.1, 0.15) is 11.6 Å². The van der Waals surface area contributed by atoms with Gasteiger partial charge in [-0.1, -0.05) is 11.6 Å². The predicted molar refractivity (Wildman–Crippen MR) is 69.1 cm³/mol. The highest BCUT2D eigenvalue weighted by molar-refractivity contribution is 6.30. The molecule has 2 rings (SSSR count). The molecule has 0 saturated heterocycles. The number of hydrogen-bond acceptors (Lipinski definition) is 3. The molecule has 0 aliphatic rings. The van der Waals surface area contributed by atoms with Crippen molar-refractivity contribution < 1.29 is 13.2 Å². The zero-order valence-electron chi connectivity index (χ0n) is 10.3. The normalized spacial score (nSPS) is 10.9. The lowest BCUT2D eigenvalue weighted by molar-refractivity contribution is 0.491. The number of nitrogens with one attached hydrogen (secondary N) is 1. The molecular weight excluding hydrogens is 274 g/mol. The van der Waals surface area contributed by atoms with Crippen molar-refractivity contribution in [2.45, 2.75) is 12.8 Å². The lowest BCUT2D eigenvalue weighted by Crippen LogP contribution is -2.08. The summed E-state index contributed by atoms with van der Waals surface area (Å²) in [5, 5.41) is 2.75. The number of rotatable bonds is 5. The number of aromatic nitrogens is 1. The Morgan fingerprint density at radius 2 is 2.11 bits per heavy atom. The van der Waals surface area contributed by atoms with Crippen molar-refractivity contribution in [1.82, 2.24) is 10.3 Å². The van der Waals surface area contributed by atoms with Gasteiger partial charge in [-0.3, -0.25) is 0 Å². The van der Waals surface area contributed by atoms with Crippen LogP contribution >= 0.6 is 11.6 Å². The fourth-order valence-corrected chi connectivity index (χ4v) is 1.83. The fraction of sp³-hybridized carbons (Fsp3) is 0.308. The minimum Gasteiger partial charge on any atom is -0.441 e. The van der Waals surface area contributed by atoms with Crippen LogP contribution in [-0.4, -0.2) is 18.6 Å². The van der Waals surface area contributed by atoms with E-state index in [-0.39, 0.29) is 16.3 Å². The predicted octanol–water partition coefficient (Wildman–Crippen LogP) is 3.43.